The summed E-state index contributed by atoms with van der Waals surface area (Å²) in [7, 11) is 0. The number of rotatable bonds is 6. The first kappa shape index (κ1) is 16.1. The average molecular weight is 339 g/mol. The topological polar surface area (TPSA) is 64.1 Å². The van der Waals surface area contributed by atoms with Gasteiger partial charge in [0.2, 0.25) is 0 Å². The number of amides is 1. The van der Waals surface area contributed by atoms with E-state index in [4.69, 9.17) is 4.74 Å². The van der Waals surface area contributed by atoms with E-state index in [-0.39, 0.29) is 5.91 Å². The molecule has 3 rings (SSSR count). The minimum absolute atomic E-state index is 0.137. The molecule has 0 bridgehead atoms. The highest BCUT2D eigenvalue weighted by molar-refractivity contribution is 7.13. The maximum absolute atomic E-state index is 12.3. The lowest BCUT2D eigenvalue weighted by Gasteiger charge is -2.03. The second-order valence-electron chi connectivity index (χ2n) is 5.13. The zero-order valence-electron chi connectivity index (χ0n) is 13.2. The maximum Gasteiger partial charge on any atom is 0.263 e. The molecule has 0 radical (unpaired) electrons. The zero-order chi connectivity index (χ0) is 16.8. The largest absolute Gasteiger partial charge is 0.486 e. The molecule has 6 heteroatoms. The summed E-state index contributed by atoms with van der Waals surface area (Å²) in [5.74, 6) is 0.646. The van der Waals surface area contributed by atoms with E-state index < -0.39 is 0 Å². The fraction of sp³-hybridized carbons (Fsp3) is 0.167. The molecule has 122 valence electrons. The molecule has 0 unspecified atom stereocenters. The number of nitrogens with zero attached hydrogens (tertiary/aromatic N) is 2. The second-order valence-corrected chi connectivity index (χ2v) is 6.21. The van der Waals surface area contributed by atoms with Gasteiger partial charge in [0.25, 0.3) is 5.91 Å². The number of ether oxygens (including phenoxy) is 1. The number of carbonyl (C=O) groups excluding carboxylic acids is 1. The molecule has 3 aromatic rings. The lowest BCUT2D eigenvalue weighted by molar-refractivity contribution is 0.0953. The Hall–Kier alpha value is -2.73. The van der Waals surface area contributed by atoms with Crippen molar-refractivity contribution < 1.29 is 9.53 Å². The fourth-order valence-corrected chi connectivity index (χ4v) is 3.03. The Morgan fingerprint density at radius 2 is 1.96 bits per heavy atom. The molecular formula is C18H17N3O2S. The molecule has 2 heterocycles. The molecule has 0 atom stereocenters. The first-order valence-corrected chi connectivity index (χ1v) is 8.36. The predicted octanol–water partition coefficient (Wildman–Crippen LogP) is 3.36. The Morgan fingerprint density at radius 1 is 1.17 bits per heavy atom. The molecule has 0 fully saturated rings. The van der Waals surface area contributed by atoms with Gasteiger partial charge in [0, 0.05) is 6.20 Å². The second kappa shape index (κ2) is 7.70. The van der Waals surface area contributed by atoms with E-state index in [2.05, 4.69) is 15.3 Å². The maximum atomic E-state index is 12.3. The van der Waals surface area contributed by atoms with Crippen molar-refractivity contribution in [2.24, 2.45) is 0 Å². The average Bonchev–Trinajstić information content (AvgIpc) is 3.00. The van der Waals surface area contributed by atoms with Gasteiger partial charge in [0.1, 0.15) is 22.2 Å². The number of hydrogen-bond acceptors (Lipinski definition) is 5. The highest BCUT2D eigenvalue weighted by Gasteiger charge is 2.15. The van der Waals surface area contributed by atoms with Gasteiger partial charge in [0.15, 0.2) is 0 Å². The van der Waals surface area contributed by atoms with Crippen LogP contribution in [-0.4, -0.2) is 15.9 Å². The number of para-hydroxylation sites is 1. The minimum atomic E-state index is -0.137. The number of nitrogens with one attached hydrogen (secondary N) is 1. The Balaban J connectivity index is 1.59. The molecule has 0 saturated heterocycles. The van der Waals surface area contributed by atoms with Gasteiger partial charge in [-0.2, -0.15) is 0 Å². The Labute approximate surface area is 144 Å². The van der Waals surface area contributed by atoms with Crippen LogP contribution in [0.5, 0.6) is 5.75 Å². The van der Waals surface area contributed by atoms with Crippen molar-refractivity contribution >= 4 is 17.2 Å². The van der Waals surface area contributed by atoms with Crippen LogP contribution in [0.15, 0.2) is 54.7 Å². The number of hydrogen-bond donors (Lipinski definition) is 1. The smallest absolute Gasteiger partial charge is 0.263 e. The first-order chi connectivity index (χ1) is 11.7. The van der Waals surface area contributed by atoms with E-state index in [1.54, 1.807) is 6.20 Å². The van der Waals surface area contributed by atoms with Crippen LogP contribution in [0.4, 0.5) is 0 Å². The first-order valence-electron chi connectivity index (χ1n) is 7.54. The van der Waals surface area contributed by atoms with E-state index in [9.17, 15) is 4.79 Å². The summed E-state index contributed by atoms with van der Waals surface area (Å²) in [5, 5.41) is 3.65. The summed E-state index contributed by atoms with van der Waals surface area (Å²) in [6, 6.07) is 15.2. The van der Waals surface area contributed by atoms with Gasteiger partial charge in [-0.1, -0.05) is 24.3 Å². The van der Waals surface area contributed by atoms with Crippen molar-refractivity contribution in [3.63, 3.8) is 0 Å². The predicted molar refractivity (Wildman–Crippen MR) is 93.0 cm³/mol. The van der Waals surface area contributed by atoms with Gasteiger partial charge >= 0.3 is 0 Å². The molecule has 0 aliphatic rings. The molecular weight excluding hydrogens is 322 g/mol. The third-order valence-electron chi connectivity index (χ3n) is 3.31. The summed E-state index contributed by atoms with van der Waals surface area (Å²) < 4.78 is 5.68. The minimum Gasteiger partial charge on any atom is -0.486 e. The highest BCUT2D eigenvalue weighted by atomic mass is 32.1. The zero-order valence-corrected chi connectivity index (χ0v) is 14.0. The van der Waals surface area contributed by atoms with Crippen molar-refractivity contribution in [2.45, 2.75) is 20.1 Å². The van der Waals surface area contributed by atoms with E-state index >= 15 is 0 Å². The number of aryl methyl sites for hydroxylation is 1. The molecule has 5 nitrogen and oxygen atoms in total. The van der Waals surface area contributed by atoms with Crippen LogP contribution in [0.2, 0.25) is 0 Å². The van der Waals surface area contributed by atoms with Crippen molar-refractivity contribution in [3.8, 4) is 5.75 Å². The van der Waals surface area contributed by atoms with Gasteiger partial charge in [-0.25, -0.2) is 4.98 Å². The third-order valence-corrected chi connectivity index (χ3v) is 4.44. The van der Waals surface area contributed by atoms with Crippen LogP contribution < -0.4 is 10.1 Å². The van der Waals surface area contributed by atoms with Crippen LogP contribution in [0.3, 0.4) is 0 Å². The van der Waals surface area contributed by atoms with Crippen molar-refractivity contribution in [2.75, 3.05) is 0 Å². The molecule has 1 N–H and O–H groups in total. The van der Waals surface area contributed by atoms with Crippen molar-refractivity contribution in [1.29, 1.82) is 0 Å². The third kappa shape index (κ3) is 4.17. The SMILES string of the molecule is Cc1nc(COc2ccccc2)sc1C(=O)NCc1ccccn1. The molecule has 0 saturated carbocycles. The number of carbonyl (C=O) groups is 1. The van der Waals surface area contributed by atoms with Crippen LogP contribution in [0.1, 0.15) is 26.1 Å². The Morgan fingerprint density at radius 3 is 2.71 bits per heavy atom. The normalized spacial score (nSPS) is 10.4. The number of pyridine rings is 1. The Bertz CT molecular complexity index is 804. The lowest BCUT2D eigenvalue weighted by atomic mass is 10.3. The van der Waals surface area contributed by atoms with E-state index in [0.717, 1.165) is 16.5 Å². The summed E-state index contributed by atoms with van der Waals surface area (Å²) >= 11 is 1.35. The highest BCUT2D eigenvalue weighted by Crippen LogP contribution is 2.20. The van der Waals surface area contributed by atoms with Crippen LogP contribution in [-0.2, 0) is 13.2 Å². The monoisotopic (exact) mass is 339 g/mol. The van der Waals surface area contributed by atoms with Crippen molar-refractivity contribution in [1.82, 2.24) is 15.3 Å². The number of aromatic nitrogens is 2. The van der Waals surface area contributed by atoms with Crippen LogP contribution >= 0.6 is 11.3 Å². The summed E-state index contributed by atoms with van der Waals surface area (Å²) in [5.41, 5.74) is 1.53. The standard InChI is InChI=1S/C18H17N3O2S/c1-13-17(18(22)20-11-14-7-5-6-10-19-14)24-16(21-13)12-23-15-8-3-2-4-9-15/h2-10H,11-12H2,1H3,(H,20,22). The van der Waals surface area contributed by atoms with Crippen LogP contribution in [0.25, 0.3) is 0 Å². The van der Waals surface area contributed by atoms with E-state index in [1.165, 1.54) is 11.3 Å². The van der Waals surface area contributed by atoms with Gasteiger partial charge in [-0.3, -0.25) is 9.78 Å². The Kier molecular flexibility index (Phi) is 5.18. The summed E-state index contributed by atoms with van der Waals surface area (Å²) in [6.45, 7) is 2.58. The van der Waals surface area contributed by atoms with Gasteiger partial charge in [0.05, 0.1) is 17.9 Å². The van der Waals surface area contributed by atoms with Gasteiger partial charge in [-0.05, 0) is 31.2 Å². The van der Waals surface area contributed by atoms with E-state index in [1.807, 2.05) is 55.5 Å². The number of thiazole rings is 1. The molecule has 0 aliphatic heterocycles. The lowest BCUT2D eigenvalue weighted by Crippen LogP contribution is -2.23. The van der Waals surface area contributed by atoms with Gasteiger partial charge in [-0.15, -0.1) is 11.3 Å². The van der Waals surface area contributed by atoms with Gasteiger partial charge < -0.3 is 10.1 Å². The quantitative estimate of drug-likeness (QED) is 0.748. The summed E-state index contributed by atoms with van der Waals surface area (Å²) in [6.07, 6.45) is 1.71. The molecule has 1 aromatic carbocycles. The molecule has 1 amide bonds. The van der Waals surface area contributed by atoms with E-state index in [0.29, 0.717) is 23.7 Å². The molecule has 0 aliphatic carbocycles. The molecule has 0 spiro atoms. The fourth-order valence-electron chi connectivity index (χ4n) is 2.14. The molecule has 2 aromatic heterocycles. The number of benzene rings is 1. The van der Waals surface area contributed by atoms with Crippen molar-refractivity contribution in [3.05, 3.63) is 76.0 Å². The molecule has 24 heavy (non-hydrogen) atoms. The van der Waals surface area contributed by atoms with Crippen LogP contribution in [0, 0.1) is 6.92 Å². The summed E-state index contributed by atoms with van der Waals surface area (Å²) in [4.78, 5) is 21.5.